The molecule has 1 amide bonds. The van der Waals surface area contributed by atoms with Gasteiger partial charge in [-0.1, -0.05) is 29.8 Å². The number of piperazine rings is 1. The lowest BCUT2D eigenvalue weighted by atomic mass is 10.1. The van der Waals surface area contributed by atoms with E-state index in [0.717, 1.165) is 5.56 Å². The Morgan fingerprint density at radius 2 is 1.77 bits per heavy atom. The quantitative estimate of drug-likeness (QED) is 0.812. The van der Waals surface area contributed by atoms with Gasteiger partial charge in [0, 0.05) is 45.3 Å². The molecule has 1 heterocycles. The van der Waals surface area contributed by atoms with Gasteiger partial charge < -0.3 is 4.90 Å². The summed E-state index contributed by atoms with van der Waals surface area (Å²) in [7, 11) is -0.399. The molecule has 6 nitrogen and oxygen atoms in total. The van der Waals surface area contributed by atoms with Crippen LogP contribution in [-0.4, -0.2) is 68.1 Å². The molecule has 8 heteroatoms. The van der Waals surface area contributed by atoms with E-state index in [9.17, 15) is 13.2 Å². The lowest BCUT2D eigenvalue weighted by Gasteiger charge is -2.35. The van der Waals surface area contributed by atoms with Gasteiger partial charge in [0.15, 0.2) is 0 Å². The van der Waals surface area contributed by atoms with Gasteiger partial charge in [0.2, 0.25) is 5.91 Å². The van der Waals surface area contributed by atoms with Crippen LogP contribution in [0.15, 0.2) is 24.3 Å². The molecule has 1 aromatic carbocycles. The first kappa shape index (κ1) is 17.2. The standard InChI is InChI=1S/C14H20ClN3O3S/c1-16(2)22(20,21)18-9-7-17(8-10-18)14(19)11-12-5-3-4-6-13(12)15/h3-6H,7-11H2,1-2H3. The maximum atomic E-state index is 12.3. The van der Waals surface area contributed by atoms with Gasteiger partial charge in [0.1, 0.15) is 0 Å². The number of benzene rings is 1. The summed E-state index contributed by atoms with van der Waals surface area (Å²) in [4.78, 5) is 14.0. The number of hydrogen-bond acceptors (Lipinski definition) is 3. The van der Waals surface area contributed by atoms with Crippen molar-refractivity contribution in [2.24, 2.45) is 0 Å². The molecule has 0 aliphatic carbocycles. The second-order valence-corrected chi connectivity index (χ2v) is 7.89. The van der Waals surface area contributed by atoms with Crippen molar-refractivity contribution in [1.82, 2.24) is 13.5 Å². The predicted octanol–water partition coefficient (Wildman–Crippen LogP) is 0.833. The first-order chi connectivity index (χ1) is 10.3. The first-order valence-corrected chi connectivity index (χ1v) is 8.78. The van der Waals surface area contributed by atoms with Gasteiger partial charge in [-0.25, -0.2) is 0 Å². The number of amides is 1. The number of nitrogens with zero attached hydrogens (tertiary/aromatic N) is 3. The van der Waals surface area contributed by atoms with Crippen molar-refractivity contribution in [3.63, 3.8) is 0 Å². The monoisotopic (exact) mass is 345 g/mol. The van der Waals surface area contributed by atoms with Gasteiger partial charge in [-0.2, -0.15) is 17.0 Å². The molecule has 0 bridgehead atoms. The molecule has 0 saturated carbocycles. The molecule has 1 aliphatic heterocycles. The summed E-state index contributed by atoms with van der Waals surface area (Å²) in [5.41, 5.74) is 0.789. The molecule has 1 saturated heterocycles. The van der Waals surface area contributed by atoms with Crippen molar-refractivity contribution in [1.29, 1.82) is 0 Å². The minimum atomic E-state index is -3.41. The molecule has 0 atom stereocenters. The second-order valence-electron chi connectivity index (χ2n) is 5.34. The van der Waals surface area contributed by atoms with E-state index in [-0.39, 0.29) is 12.3 Å². The number of carbonyl (C=O) groups is 1. The Hall–Kier alpha value is -1.15. The minimum absolute atomic E-state index is 0.0324. The summed E-state index contributed by atoms with van der Waals surface area (Å²) in [5, 5.41) is 0.574. The Morgan fingerprint density at radius 1 is 1.18 bits per heavy atom. The molecule has 0 spiro atoms. The van der Waals surface area contributed by atoms with Crippen LogP contribution in [0.4, 0.5) is 0 Å². The summed E-state index contributed by atoms with van der Waals surface area (Å²) in [6, 6.07) is 7.25. The van der Waals surface area contributed by atoms with E-state index in [1.54, 1.807) is 11.0 Å². The van der Waals surface area contributed by atoms with E-state index in [1.165, 1.54) is 22.7 Å². The largest absolute Gasteiger partial charge is 0.340 e. The fourth-order valence-corrected chi connectivity index (χ4v) is 3.60. The van der Waals surface area contributed by atoms with E-state index in [4.69, 9.17) is 11.6 Å². The summed E-state index contributed by atoms with van der Waals surface area (Å²) in [6.45, 7) is 1.43. The molecule has 0 N–H and O–H groups in total. The van der Waals surface area contributed by atoms with Gasteiger partial charge in [0.05, 0.1) is 6.42 Å². The lowest BCUT2D eigenvalue weighted by Crippen LogP contribution is -2.53. The molecule has 0 radical (unpaired) electrons. The Kier molecular flexibility index (Phi) is 5.44. The van der Waals surface area contributed by atoms with Crippen LogP contribution < -0.4 is 0 Å². The summed E-state index contributed by atoms with van der Waals surface area (Å²) in [5.74, 6) is -0.0324. The van der Waals surface area contributed by atoms with Gasteiger partial charge in [-0.3, -0.25) is 4.79 Å². The number of rotatable bonds is 4. The number of halogens is 1. The molecular weight excluding hydrogens is 326 g/mol. The van der Waals surface area contributed by atoms with Crippen LogP contribution in [-0.2, 0) is 21.4 Å². The Bertz CT molecular complexity index is 640. The minimum Gasteiger partial charge on any atom is -0.340 e. The summed E-state index contributed by atoms with van der Waals surface area (Å²) >= 11 is 6.06. The van der Waals surface area contributed by atoms with Crippen molar-refractivity contribution in [3.8, 4) is 0 Å². The Morgan fingerprint density at radius 3 is 2.32 bits per heavy atom. The highest BCUT2D eigenvalue weighted by molar-refractivity contribution is 7.86. The fourth-order valence-electron chi connectivity index (χ4n) is 2.32. The van der Waals surface area contributed by atoms with Gasteiger partial charge >= 0.3 is 0 Å². The summed E-state index contributed by atoms with van der Waals surface area (Å²) < 4.78 is 26.6. The van der Waals surface area contributed by atoms with Crippen molar-refractivity contribution < 1.29 is 13.2 Å². The molecule has 1 aliphatic rings. The van der Waals surface area contributed by atoms with Crippen molar-refractivity contribution in [2.45, 2.75) is 6.42 Å². The van der Waals surface area contributed by atoms with Crippen molar-refractivity contribution in [3.05, 3.63) is 34.9 Å². The summed E-state index contributed by atoms with van der Waals surface area (Å²) in [6.07, 6.45) is 0.236. The van der Waals surface area contributed by atoms with Crippen LogP contribution in [0.3, 0.4) is 0 Å². The molecule has 0 aromatic heterocycles. The Balaban J connectivity index is 1.95. The van der Waals surface area contributed by atoms with Crippen LogP contribution in [0.1, 0.15) is 5.56 Å². The topological polar surface area (TPSA) is 60.9 Å². The van der Waals surface area contributed by atoms with E-state index in [2.05, 4.69) is 0 Å². The fraction of sp³-hybridized carbons (Fsp3) is 0.500. The molecule has 22 heavy (non-hydrogen) atoms. The van der Waals surface area contributed by atoms with E-state index < -0.39 is 10.2 Å². The van der Waals surface area contributed by atoms with E-state index >= 15 is 0 Å². The van der Waals surface area contributed by atoms with Crippen molar-refractivity contribution >= 4 is 27.7 Å². The average molecular weight is 346 g/mol. The first-order valence-electron chi connectivity index (χ1n) is 7.01. The normalized spacial score (nSPS) is 17.0. The second kappa shape index (κ2) is 6.95. The Labute approximate surface area is 136 Å². The van der Waals surface area contributed by atoms with Crippen LogP contribution >= 0.6 is 11.6 Å². The van der Waals surface area contributed by atoms with Gasteiger partial charge in [-0.05, 0) is 11.6 Å². The maximum Gasteiger partial charge on any atom is 0.281 e. The average Bonchev–Trinajstić information content (AvgIpc) is 2.49. The highest BCUT2D eigenvalue weighted by Crippen LogP contribution is 2.17. The van der Waals surface area contributed by atoms with Gasteiger partial charge in [-0.15, -0.1) is 0 Å². The zero-order chi connectivity index (χ0) is 16.3. The SMILES string of the molecule is CN(C)S(=O)(=O)N1CCN(C(=O)Cc2ccccc2Cl)CC1. The number of hydrogen-bond donors (Lipinski definition) is 0. The van der Waals surface area contributed by atoms with Crippen LogP contribution in [0.25, 0.3) is 0 Å². The number of carbonyl (C=O) groups excluding carboxylic acids is 1. The van der Waals surface area contributed by atoms with E-state index in [0.29, 0.717) is 31.2 Å². The third kappa shape index (κ3) is 3.78. The molecule has 1 aromatic rings. The van der Waals surface area contributed by atoms with Crippen LogP contribution in [0, 0.1) is 0 Å². The zero-order valence-electron chi connectivity index (χ0n) is 12.7. The molecule has 122 valence electrons. The molecular formula is C14H20ClN3O3S. The third-order valence-corrected chi connectivity index (χ3v) is 5.99. The van der Waals surface area contributed by atoms with Gasteiger partial charge in [0.25, 0.3) is 10.2 Å². The highest BCUT2D eigenvalue weighted by atomic mass is 35.5. The van der Waals surface area contributed by atoms with Crippen LogP contribution in [0.5, 0.6) is 0 Å². The lowest BCUT2D eigenvalue weighted by molar-refractivity contribution is -0.131. The maximum absolute atomic E-state index is 12.3. The molecule has 0 unspecified atom stereocenters. The zero-order valence-corrected chi connectivity index (χ0v) is 14.3. The molecule has 2 rings (SSSR count). The highest BCUT2D eigenvalue weighted by Gasteiger charge is 2.30. The van der Waals surface area contributed by atoms with Crippen LogP contribution in [0.2, 0.25) is 5.02 Å². The molecule has 1 fully saturated rings. The predicted molar refractivity (Wildman–Crippen MR) is 85.9 cm³/mol. The van der Waals surface area contributed by atoms with E-state index in [1.807, 2.05) is 18.2 Å². The van der Waals surface area contributed by atoms with Crippen molar-refractivity contribution in [2.75, 3.05) is 40.3 Å². The third-order valence-electron chi connectivity index (χ3n) is 3.68. The smallest absolute Gasteiger partial charge is 0.281 e.